The number of carboxylic acids is 1. The van der Waals surface area contributed by atoms with E-state index >= 15 is 0 Å². The monoisotopic (exact) mass is 325 g/mol. The van der Waals surface area contributed by atoms with Crippen molar-refractivity contribution >= 4 is 17.6 Å². The van der Waals surface area contributed by atoms with Crippen LogP contribution in [0.15, 0.2) is 30.4 Å². The summed E-state index contributed by atoms with van der Waals surface area (Å²) < 4.78 is 10.7. The summed E-state index contributed by atoms with van der Waals surface area (Å²) >= 11 is 6.03. The van der Waals surface area contributed by atoms with Gasteiger partial charge in [-0.25, -0.2) is 4.79 Å². The van der Waals surface area contributed by atoms with Gasteiger partial charge in [-0.3, -0.25) is 4.90 Å². The van der Waals surface area contributed by atoms with Crippen LogP contribution in [0.25, 0.3) is 0 Å². The van der Waals surface area contributed by atoms with Crippen molar-refractivity contribution in [3.05, 3.63) is 35.4 Å². The third-order valence-electron chi connectivity index (χ3n) is 3.28. The molecular formula is C16H20ClNO4. The van der Waals surface area contributed by atoms with Gasteiger partial charge in [-0.1, -0.05) is 23.8 Å². The Bertz CT molecular complexity index is 533. The van der Waals surface area contributed by atoms with Crippen LogP contribution < -0.4 is 9.47 Å². The fourth-order valence-corrected chi connectivity index (χ4v) is 2.42. The van der Waals surface area contributed by atoms with Crippen LogP contribution in [0.2, 0.25) is 5.02 Å². The lowest BCUT2D eigenvalue weighted by Gasteiger charge is -2.22. The van der Waals surface area contributed by atoms with Gasteiger partial charge >= 0.3 is 5.97 Å². The first-order chi connectivity index (χ1) is 10.6. The first kappa shape index (κ1) is 16.6. The molecule has 0 bridgehead atoms. The average Bonchev–Trinajstić information content (AvgIpc) is 2.51. The van der Waals surface area contributed by atoms with Crippen molar-refractivity contribution in [2.75, 3.05) is 32.8 Å². The van der Waals surface area contributed by atoms with Crippen molar-refractivity contribution in [3.8, 4) is 11.5 Å². The zero-order chi connectivity index (χ0) is 15.8. The van der Waals surface area contributed by atoms with Gasteiger partial charge in [0.1, 0.15) is 11.5 Å². The summed E-state index contributed by atoms with van der Waals surface area (Å²) in [5, 5.41) is 8.92. The predicted octanol–water partition coefficient (Wildman–Crippen LogP) is 2.83. The molecule has 0 aliphatic carbocycles. The molecule has 0 aromatic heterocycles. The Morgan fingerprint density at radius 2 is 2.18 bits per heavy atom. The van der Waals surface area contributed by atoms with Crippen molar-refractivity contribution in [3.63, 3.8) is 0 Å². The number of hydrogen-bond acceptors (Lipinski definition) is 4. The minimum atomic E-state index is -1.04. The van der Waals surface area contributed by atoms with Gasteiger partial charge in [-0.15, -0.1) is 0 Å². The summed E-state index contributed by atoms with van der Waals surface area (Å²) in [7, 11) is 0. The molecule has 1 aromatic rings. The quantitative estimate of drug-likeness (QED) is 0.588. The van der Waals surface area contributed by atoms with E-state index in [1.807, 2.05) is 0 Å². The highest BCUT2D eigenvalue weighted by Crippen LogP contribution is 2.28. The summed E-state index contributed by atoms with van der Waals surface area (Å²) in [5.74, 6) is -0.0355. The second kappa shape index (κ2) is 8.66. The first-order valence-electron chi connectivity index (χ1n) is 7.29. The number of carbonyl (C=O) groups is 1. The lowest BCUT2D eigenvalue weighted by Crippen LogP contribution is -2.29. The maximum absolute atomic E-state index is 10.5. The Morgan fingerprint density at radius 1 is 1.32 bits per heavy atom. The number of hydrogen-bond donors (Lipinski definition) is 1. The van der Waals surface area contributed by atoms with Gasteiger partial charge in [0.25, 0.3) is 0 Å². The number of aliphatic carboxylic acids is 1. The topological polar surface area (TPSA) is 59.0 Å². The number of carboxylic acid groups (broad SMARTS) is 1. The van der Waals surface area contributed by atoms with Crippen molar-refractivity contribution in [1.82, 2.24) is 4.90 Å². The fourth-order valence-electron chi connectivity index (χ4n) is 2.20. The smallest absolute Gasteiger partial charge is 0.341 e. The highest BCUT2D eigenvalue weighted by atomic mass is 35.5. The molecule has 120 valence electrons. The lowest BCUT2D eigenvalue weighted by atomic mass is 10.2. The van der Waals surface area contributed by atoms with Crippen molar-refractivity contribution in [2.24, 2.45) is 0 Å². The normalized spacial score (nSPS) is 14.8. The molecule has 5 nitrogen and oxygen atoms in total. The molecule has 0 amide bonds. The highest BCUT2D eigenvalue weighted by molar-refractivity contribution is 6.32. The van der Waals surface area contributed by atoms with Gasteiger partial charge in [0.2, 0.25) is 0 Å². The van der Waals surface area contributed by atoms with E-state index in [-0.39, 0.29) is 0 Å². The van der Waals surface area contributed by atoms with Crippen molar-refractivity contribution in [2.45, 2.75) is 12.8 Å². The van der Waals surface area contributed by atoms with Gasteiger partial charge in [0.05, 0.1) is 11.6 Å². The zero-order valence-corrected chi connectivity index (χ0v) is 13.1. The van der Waals surface area contributed by atoms with Gasteiger partial charge < -0.3 is 14.6 Å². The van der Waals surface area contributed by atoms with Crippen LogP contribution in [0.4, 0.5) is 0 Å². The third-order valence-corrected chi connectivity index (χ3v) is 3.58. The van der Waals surface area contributed by atoms with E-state index in [1.165, 1.54) is 0 Å². The van der Waals surface area contributed by atoms with Crippen molar-refractivity contribution in [1.29, 1.82) is 0 Å². The van der Waals surface area contributed by atoms with Gasteiger partial charge in [0.15, 0.2) is 6.61 Å². The molecule has 0 saturated carbocycles. The first-order valence-corrected chi connectivity index (χ1v) is 7.67. The third kappa shape index (κ3) is 5.58. The standard InChI is InChI=1S/C16H20ClNO4/c17-14-11-13(5-6-15(14)22-12-16(19)20)21-10-4-9-18-7-2-1-3-8-18/h1-2,5-6,11H,3-4,7-10,12H2,(H,19,20). The summed E-state index contributed by atoms with van der Waals surface area (Å²) in [5.41, 5.74) is 0. The van der Waals surface area contributed by atoms with Crippen LogP contribution in [0.3, 0.4) is 0 Å². The maximum Gasteiger partial charge on any atom is 0.341 e. The predicted molar refractivity (Wildman–Crippen MR) is 84.9 cm³/mol. The second-order valence-corrected chi connectivity index (χ2v) is 5.44. The molecule has 1 aromatic carbocycles. The van der Waals surface area contributed by atoms with E-state index in [9.17, 15) is 4.79 Å². The molecule has 22 heavy (non-hydrogen) atoms. The van der Waals surface area contributed by atoms with Gasteiger partial charge in [-0.05, 0) is 25.0 Å². The summed E-state index contributed by atoms with van der Waals surface area (Å²) in [6, 6.07) is 4.99. The molecule has 0 radical (unpaired) electrons. The Morgan fingerprint density at radius 3 is 2.86 bits per heavy atom. The van der Waals surface area contributed by atoms with Crippen LogP contribution in [0.5, 0.6) is 11.5 Å². The number of benzene rings is 1. The summed E-state index contributed by atoms with van der Waals surface area (Å²) in [4.78, 5) is 12.8. The lowest BCUT2D eigenvalue weighted by molar-refractivity contribution is -0.139. The van der Waals surface area contributed by atoms with E-state index in [2.05, 4.69) is 17.1 Å². The largest absolute Gasteiger partial charge is 0.493 e. The molecular weight excluding hydrogens is 306 g/mol. The average molecular weight is 326 g/mol. The Balaban J connectivity index is 1.72. The Kier molecular flexibility index (Phi) is 6.55. The Hall–Kier alpha value is -1.72. The van der Waals surface area contributed by atoms with Crippen molar-refractivity contribution < 1.29 is 19.4 Å². The summed E-state index contributed by atoms with van der Waals surface area (Å²) in [6.07, 6.45) is 6.47. The van der Waals surface area contributed by atoms with E-state index in [0.29, 0.717) is 23.1 Å². The highest BCUT2D eigenvalue weighted by Gasteiger charge is 2.07. The van der Waals surface area contributed by atoms with E-state index in [0.717, 1.165) is 32.5 Å². The van der Waals surface area contributed by atoms with Gasteiger partial charge in [-0.2, -0.15) is 0 Å². The number of rotatable bonds is 8. The van der Waals surface area contributed by atoms with Crippen LogP contribution >= 0.6 is 11.6 Å². The van der Waals surface area contributed by atoms with Crippen LogP contribution in [-0.4, -0.2) is 48.8 Å². The van der Waals surface area contributed by atoms with Crippen LogP contribution in [0.1, 0.15) is 12.8 Å². The molecule has 1 N–H and O–H groups in total. The van der Waals surface area contributed by atoms with E-state index in [1.54, 1.807) is 18.2 Å². The van der Waals surface area contributed by atoms with Crippen LogP contribution in [-0.2, 0) is 4.79 Å². The SMILES string of the molecule is O=C(O)COc1ccc(OCCCN2CC=CCC2)cc1Cl. The molecule has 1 aliphatic rings. The number of ether oxygens (including phenoxy) is 2. The molecule has 1 aliphatic heterocycles. The van der Waals surface area contributed by atoms with Crippen LogP contribution in [0, 0.1) is 0 Å². The van der Waals surface area contributed by atoms with Gasteiger partial charge in [0, 0.05) is 25.7 Å². The maximum atomic E-state index is 10.5. The number of nitrogens with zero attached hydrogens (tertiary/aromatic N) is 1. The van der Waals surface area contributed by atoms with E-state index < -0.39 is 12.6 Å². The minimum absolute atomic E-state index is 0.344. The number of halogens is 1. The zero-order valence-electron chi connectivity index (χ0n) is 12.3. The summed E-state index contributed by atoms with van der Waals surface area (Å²) in [6.45, 7) is 3.34. The minimum Gasteiger partial charge on any atom is -0.493 e. The molecule has 0 spiro atoms. The second-order valence-electron chi connectivity index (χ2n) is 5.04. The molecule has 1 heterocycles. The molecule has 0 unspecified atom stereocenters. The molecule has 2 rings (SSSR count). The van der Waals surface area contributed by atoms with E-state index in [4.69, 9.17) is 26.2 Å². The molecule has 0 saturated heterocycles. The molecule has 0 fully saturated rings. The fraction of sp³-hybridized carbons (Fsp3) is 0.438. The Labute approximate surface area is 135 Å². The molecule has 6 heteroatoms. The molecule has 0 atom stereocenters.